The zero-order valence-corrected chi connectivity index (χ0v) is 39.8. The number of carbonyl (C=O) groups excluding carboxylic acids is 3. The van der Waals surface area contributed by atoms with Crippen molar-refractivity contribution in [2.75, 3.05) is 25.7 Å². The van der Waals surface area contributed by atoms with Gasteiger partial charge in [0.25, 0.3) is 10.0 Å². The molecule has 3 atom stereocenters. The van der Waals surface area contributed by atoms with E-state index in [9.17, 15) is 28.1 Å². The fourth-order valence-corrected chi connectivity index (χ4v) is 11.3. The van der Waals surface area contributed by atoms with Gasteiger partial charge in [0.2, 0.25) is 11.8 Å². The maximum atomic E-state index is 14.8. The van der Waals surface area contributed by atoms with Crippen molar-refractivity contribution in [3.8, 4) is 34.4 Å². The Morgan fingerprint density at radius 1 is 0.940 bits per heavy atom. The molecule has 2 amide bonds. The molecule has 0 saturated heterocycles. The lowest BCUT2D eigenvalue weighted by Gasteiger charge is -2.36. The van der Waals surface area contributed by atoms with Crippen LogP contribution in [0.3, 0.4) is 0 Å². The molecular weight excluding hydrogens is 938 g/mol. The highest BCUT2D eigenvalue weighted by Gasteiger charge is 2.43. The third-order valence-corrected chi connectivity index (χ3v) is 16.0. The van der Waals surface area contributed by atoms with Crippen molar-refractivity contribution in [2.24, 2.45) is 0 Å². The number of anilines is 1. The summed E-state index contributed by atoms with van der Waals surface area (Å²) in [7, 11) is -1.76. The van der Waals surface area contributed by atoms with Crippen LogP contribution in [0.1, 0.15) is 52.1 Å². The number of ether oxygens (including phenoxy) is 4. The summed E-state index contributed by atoms with van der Waals surface area (Å²) < 4.78 is 54.4. The van der Waals surface area contributed by atoms with Crippen LogP contribution < -0.4 is 24.4 Å². The van der Waals surface area contributed by atoms with Crippen molar-refractivity contribution in [1.29, 1.82) is 5.26 Å². The first-order chi connectivity index (χ1) is 32.1. The van der Waals surface area contributed by atoms with Crippen molar-refractivity contribution in [3.05, 3.63) is 152 Å². The third-order valence-electron chi connectivity index (χ3n) is 11.5. The SMILES string of the molecule is COC(=O)C(Cc1ccc(-c2ccc(C#N)cc2)cc1)NC(=O)[C@@H]1Cc2cc3c(cc2CN1S(=O)(=O)c1sc(N(C)C(C)=O)nc1C)O[C@@H](c1ccc(OCc2ccc(Cl)c(Cl)c2)cc1)CO3. The van der Waals surface area contributed by atoms with Crippen molar-refractivity contribution in [2.45, 2.75) is 62.2 Å². The minimum absolute atomic E-state index is 0.0468. The van der Waals surface area contributed by atoms with Gasteiger partial charge in [0, 0.05) is 26.9 Å². The van der Waals surface area contributed by atoms with E-state index >= 15 is 0 Å². The number of aromatic nitrogens is 1. The van der Waals surface area contributed by atoms with Crippen LogP contribution in [0.2, 0.25) is 10.0 Å². The maximum Gasteiger partial charge on any atom is 0.328 e. The number of thiazole rings is 1. The molecule has 1 unspecified atom stereocenters. The Balaban J connectivity index is 1.04. The Labute approximate surface area is 401 Å². The highest BCUT2D eigenvalue weighted by molar-refractivity contribution is 7.91. The van der Waals surface area contributed by atoms with Gasteiger partial charge in [0.1, 0.15) is 31.0 Å². The van der Waals surface area contributed by atoms with Gasteiger partial charge in [-0.25, -0.2) is 18.2 Å². The van der Waals surface area contributed by atoms with Crippen LogP contribution in [0.5, 0.6) is 17.2 Å². The summed E-state index contributed by atoms with van der Waals surface area (Å²) in [5.41, 5.74) is 6.10. The van der Waals surface area contributed by atoms with E-state index in [1.807, 2.05) is 66.7 Å². The van der Waals surface area contributed by atoms with Crippen LogP contribution in [0.4, 0.5) is 5.13 Å². The normalized spacial score (nSPS) is 16.0. The van der Waals surface area contributed by atoms with Crippen LogP contribution in [0.25, 0.3) is 11.1 Å². The second-order valence-corrected chi connectivity index (χ2v) is 19.9. The van der Waals surface area contributed by atoms with E-state index in [0.717, 1.165) is 37.9 Å². The lowest BCUT2D eigenvalue weighted by molar-refractivity contribution is -0.145. The Hall–Kier alpha value is -6.48. The number of amides is 2. The van der Waals surface area contributed by atoms with Crippen LogP contribution in [0, 0.1) is 18.3 Å². The summed E-state index contributed by atoms with van der Waals surface area (Å²) >= 11 is 13.0. The Bertz CT molecular complexity index is 3010. The molecule has 344 valence electrons. The maximum absolute atomic E-state index is 14.8. The number of hydrogen-bond acceptors (Lipinski definition) is 12. The molecule has 1 N–H and O–H groups in total. The topological polar surface area (TPSA) is 177 Å². The van der Waals surface area contributed by atoms with Crippen molar-refractivity contribution >= 4 is 67.5 Å². The highest BCUT2D eigenvalue weighted by atomic mass is 35.5. The summed E-state index contributed by atoms with van der Waals surface area (Å²) in [6, 6.07) is 30.3. The summed E-state index contributed by atoms with van der Waals surface area (Å²) in [5.74, 6) is -0.324. The smallest absolute Gasteiger partial charge is 0.328 e. The van der Waals surface area contributed by atoms with E-state index in [1.54, 1.807) is 36.4 Å². The molecule has 0 spiro atoms. The number of aryl methyl sites for hydroxylation is 1. The van der Waals surface area contributed by atoms with Crippen LogP contribution in [0.15, 0.2) is 107 Å². The second kappa shape index (κ2) is 19.8. The highest BCUT2D eigenvalue weighted by Crippen LogP contribution is 2.43. The number of halogens is 2. The van der Waals surface area contributed by atoms with E-state index in [4.69, 9.17) is 42.1 Å². The van der Waals surface area contributed by atoms with Gasteiger partial charge in [-0.05, 0) is 101 Å². The summed E-state index contributed by atoms with van der Waals surface area (Å²) in [4.78, 5) is 45.7. The van der Waals surface area contributed by atoms with E-state index in [-0.39, 0.29) is 53.5 Å². The molecule has 0 bridgehead atoms. The van der Waals surface area contributed by atoms with Gasteiger partial charge in [0.15, 0.2) is 26.9 Å². The molecule has 14 nitrogen and oxygen atoms in total. The van der Waals surface area contributed by atoms with Gasteiger partial charge in [-0.3, -0.25) is 14.5 Å². The average molecular weight is 981 g/mol. The van der Waals surface area contributed by atoms with Crippen molar-refractivity contribution in [1.82, 2.24) is 14.6 Å². The quantitative estimate of drug-likeness (QED) is 0.110. The molecule has 5 aromatic carbocycles. The molecule has 67 heavy (non-hydrogen) atoms. The van der Waals surface area contributed by atoms with E-state index in [2.05, 4.69) is 16.4 Å². The average Bonchev–Trinajstić information content (AvgIpc) is 3.74. The van der Waals surface area contributed by atoms with Crippen LogP contribution in [-0.2, 0) is 55.1 Å². The number of esters is 1. The lowest BCUT2D eigenvalue weighted by Crippen LogP contribution is -2.56. The lowest BCUT2D eigenvalue weighted by atomic mass is 9.93. The monoisotopic (exact) mass is 979 g/mol. The molecule has 0 saturated carbocycles. The second-order valence-electron chi connectivity index (χ2n) is 16.0. The first-order valence-corrected chi connectivity index (χ1v) is 24.0. The predicted octanol–water partition coefficient (Wildman–Crippen LogP) is 8.39. The van der Waals surface area contributed by atoms with Gasteiger partial charge < -0.3 is 24.3 Å². The van der Waals surface area contributed by atoms with Gasteiger partial charge in [0.05, 0.1) is 34.5 Å². The number of nitrogens with zero attached hydrogens (tertiary/aromatic N) is 4. The first-order valence-electron chi connectivity index (χ1n) is 20.9. The zero-order valence-electron chi connectivity index (χ0n) is 36.6. The number of methoxy groups -OCH3 is 1. The molecule has 0 aliphatic carbocycles. The molecular formula is C49H43Cl2N5O9S2. The molecule has 0 radical (unpaired) electrons. The number of hydrogen-bond donors (Lipinski definition) is 1. The minimum Gasteiger partial charge on any atom is -0.489 e. The van der Waals surface area contributed by atoms with E-state index in [0.29, 0.717) is 49.5 Å². The molecule has 2 aliphatic rings. The number of rotatable bonds is 13. The largest absolute Gasteiger partial charge is 0.489 e. The third kappa shape index (κ3) is 10.3. The number of fused-ring (bicyclic) bond motifs is 2. The van der Waals surface area contributed by atoms with E-state index in [1.165, 1.54) is 32.9 Å². The molecule has 8 rings (SSSR count). The van der Waals surface area contributed by atoms with Crippen LogP contribution >= 0.6 is 34.5 Å². The Morgan fingerprint density at radius 3 is 2.27 bits per heavy atom. The minimum atomic E-state index is -4.47. The Kier molecular flexibility index (Phi) is 13.9. The van der Waals surface area contributed by atoms with Gasteiger partial charge >= 0.3 is 5.97 Å². The van der Waals surface area contributed by atoms with Crippen LogP contribution in [-0.4, -0.2) is 68.3 Å². The van der Waals surface area contributed by atoms with Crippen molar-refractivity contribution in [3.63, 3.8) is 0 Å². The number of nitrogens with one attached hydrogen (secondary N) is 1. The number of nitriles is 1. The fourth-order valence-electron chi connectivity index (χ4n) is 7.74. The molecule has 2 aliphatic heterocycles. The summed E-state index contributed by atoms with van der Waals surface area (Å²) in [5, 5.41) is 13.1. The fraction of sp³-hybridized carbons (Fsp3) is 0.245. The van der Waals surface area contributed by atoms with E-state index < -0.39 is 40.1 Å². The zero-order chi connectivity index (χ0) is 47.6. The Morgan fingerprint density at radius 2 is 1.61 bits per heavy atom. The van der Waals surface area contributed by atoms with Gasteiger partial charge in [-0.2, -0.15) is 9.57 Å². The molecule has 6 aromatic rings. The molecule has 3 heterocycles. The summed E-state index contributed by atoms with van der Waals surface area (Å²) in [6.45, 7) is 3.10. The molecule has 0 fully saturated rings. The number of sulfonamides is 1. The number of benzene rings is 5. The van der Waals surface area contributed by atoms with Gasteiger partial charge in [-0.15, -0.1) is 0 Å². The number of carbonyl (C=O) groups is 3. The standard InChI is InChI=1S/C49H43Cl2N5O9S2/c1-28-48(66-49(53-28)55(3)29(2)57)67(60,61)56-25-37-23-44-43(64-27-45(65-44)35-14-16-38(17-15-35)63-26-32-9-18-39(50)40(51)19-32)22-36(37)21-42(56)46(58)54-41(47(59)62-4)20-30-5-10-33(11-6-30)34-12-7-31(24-52)8-13-34/h5-19,22-23,41-42,45H,20-21,25-27H2,1-4H3,(H,54,58)/t41?,42-,45+/m0/s1. The predicted molar refractivity (Wildman–Crippen MR) is 253 cm³/mol. The first kappa shape index (κ1) is 47.0. The molecule has 1 aromatic heterocycles. The van der Waals surface area contributed by atoms with Crippen molar-refractivity contribution < 1.29 is 41.7 Å². The van der Waals surface area contributed by atoms with Gasteiger partial charge in [-0.1, -0.05) is 89.1 Å². The summed E-state index contributed by atoms with van der Waals surface area (Å²) in [6.07, 6.45) is -0.531. The molecule has 18 heteroatoms.